The van der Waals surface area contributed by atoms with Crippen LogP contribution in [-0.4, -0.2) is 25.9 Å². The van der Waals surface area contributed by atoms with Crippen molar-refractivity contribution in [3.8, 4) is 0 Å². The maximum absolute atomic E-state index is 11.7. The van der Waals surface area contributed by atoms with Gasteiger partial charge in [-0.05, 0) is 12.1 Å². The van der Waals surface area contributed by atoms with Crippen molar-refractivity contribution in [2.45, 2.75) is 11.3 Å². The molecule has 5 N–H and O–H groups in total. The molecule has 0 spiro atoms. The highest BCUT2D eigenvalue weighted by molar-refractivity contribution is 7.89. The molecule has 88 valence electrons. The van der Waals surface area contributed by atoms with E-state index in [-0.39, 0.29) is 23.7 Å². The van der Waals surface area contributed by atoms with E-state index < -0.39 is 15.9 Å². The van der Waals surface area contributed by atoms with Crippen molar-refractivity contribution in [1.29, 1.82) is 0 Å². The van der Waals surface area contributed by atoms with Crippen LogP contribution in [0.15, 0.2) is 23.2 Å². The second-order valence-electron chi connectivity index (χ2n) is 3.00. The summed E-state index contributed by atoms with van der Waals surface area (Å²) in [4.78, 5) is 14.0. The first-order valence-corrected chi connectivity index (χ1v) is 5.90. The van der Waals surface area contributed by atoms with E-state index in [0.29, 0.717) is 0 Å². The van der Waals surface area contributed by atoms with Gasteiger partial charge < -0.3 is 11.5 Å². The minimum atomic E-state index is -3.73. The van der Waals surface area contributed by atoms with Gasteiger partial charge >= 0.3 is 0 Å². The number of aromatic nitrogens is 1. The molecule has 7 nitrogen and oxygen atoms in total. The molecule has 0 aliphatic carbocycles. The molecule has 0 aliphatic rings. The van der Waals surface area contributed by atoms with Crippen molar-refractivity contribution in [1.82, 2.24) is 9.71 Å². The lowest BCUT2D eigenvalue weighted by Gasteiger charge is -2.06. The molecule has 0 saturated carbocycles. The summed E-state index contributed by atoms with van der Waals surface area (Å²) in [6.07, 6.45) is 1.32. The highest BCUT2D eigenvalue weighted by Gasteiger charge is 2.17. The highest BCUT2D eigenvalue weighted by atomic mass is 32.2. The lowest BCUT2D eigenvalue weighted by molar-refractivity contribution is -0.117. The number of nitrogens with one attached hydrogen (secondary N) is 1. The third-order valence-corrected chi connectivity index (χ3v) is 3.26. The third-order valence-electron chi connectivity index (χ3n) is 1.75. The van der Waals surface area contributed by atoms with Crippen LogP contribution >= 0.6 is 0 Å². The second-order valence-corrected chi connectivity index (χ2v) is 4.74. The average Bonchev–Trinajstić information content (AvgIpc) is 2.17. The van der Waals surface area contributed by atoms with Crippen LogP contribution in [0.4, 0.5) is 5.82 Å². The van der Waals surface area contributed by atoms with Gasteiger partial charge in [-0.15, -0.1) is 0 Å². The minimum Gasteiger partial charge on any atom is -0.383 e. The molecule has 0 saturated heterocycles. The molecule has 0 atom stereocenters. The zero-order valence-corrected chi connectivity index (χ0v) is 9.20. The van der Waals surface area contributed by atoms with Crippen molar-refractivity contribution >= 4 is 21.7 Å². The van der Waals surface area contributed by atoms with Crippen molar-refractivity contribution in [2.75, 3.05) is 12.3 Å². The third kappa shape index (κ3) is 3.17. The quantitative estimate of drug-likeness (QED) is 0.600. The normalized spacial score (nSPS) is 11.2. The van der Waals surface area contributed by atoms with Gasteiger partial charge in [0.25, 0.3) is 0 Å². The average molecular weight is 244 g/mol. The fourth-order valence-electron chi connectivity index (χ4n) is 1.02. The summed E-state index contributed by atoms with van der Waals surface area (Å²) in [7, 11) is -3.73. The first-order chi connectivity index (χ1) is 7.43. The maximum Gasteiger partial charge on any atom is 0.244 e. The van der Waals surface area contributed by atoms with Gasteiger partial charge in [0, 0.05) is 19.2 Å². The van der Waals surface area contributed by atoms with Crippen LogP contribution in [-0.2, 0) is 14.8 Å². The van der Waals surface area contributed by atoms with Gasteiger partial charge in [0.2, 0.25) is 15.9 Å². The standard InChI is InChI=1S/C8H12N4O3S/c9-7(13)3-5-12-16(14,15)6-2-1-4-11-8(6)10/h1-2,4,12H,3,5H2,(H2,9,13)(H2,10,11). The number of pyridine rings is 1. The number of hydrogen-bond acceptors (Lipinski definition) is 5. The molecule has 0 radical (unpaired) electrons. The molecular formula is C8H12N4O3S. The Morgan fingerprint density at radius 2 is 2.19 bits per heavy atom. The molecule has 0 unspecified atom stereocenters. The number of rotatable bonds is 5. The second kappa shape index (κ2) is 4.90. The molecule has 1 aromatic rings. The SMILES string of the molecule is NC(=O)CCNS(=O)(=O)c1cccnc1N. The fourth-order valence-corrected chi connectivity index (χ4v) is 2.13. The van der Waals surface area contributed by atoms with Gasteiger partial charge in [0.05, 0.1) is 0 Å². The summed E-state index contributed by atoms with van der Waals surface area (Å²) < 4.78 is 25.5. The first kappa shape index (κ1) is 12.4. The lowest BCUT2D eigenvalue weighted by Crippen LogP contribution is -2.28. The Kier molecular flexibility index (Phi) is 3.80. The smallest absolute Gasteiger partial charge is 0.244 e. The number of carbonyl (C=O) groups is 1. The number of nitrogens with two attached hydrogens (primary N) is 2. The van der Waals surface area contributed by atoms with Crippen molar-refractivity contribution in [2.24, 2.45) is 5.73 Å². The van der Waals surface area contributed by atoms with E-state index in [4.69, 9.17) is 11.5 Å². The van der Waals surface area contributed by atoms with Gasteiger partial charge in [-0.2, -0.15) is 0 Å². The fraction of sp³-hybridized carbons (Fsp3) is 0.250. The molecule has 0 aliphatic heterocycles. The predicted octanol–water partition coefficient (Wildman–Crippen LogP) is -1.18. The Morgan fingerprint density at radius 3 is 2.75 bits per heavy atom. The van der Waals surface area contributed by atoms with E-state index in [9.17, 15) is 13.2 Å². The minimum absolute atomic E-state index is 0.0635. The number of nitrogens with zero attached hydrogens (tertiary/aromatic N) is 1. The Hall–Kier alpha value is -1.67. The van der Waals surface area contributed by atoms with Crippen LogP contribution in [0.1, 0.15) is 6.42 Å². The summed E-state index contributed by atoms with van der Waals surface area (Å²) in [6, 6.07) is 2.79. The Balaban J connectivity index is 2.79. The van der Waals surface area contributed by atoms with Crippen LogP contribution in [0.5, 0.6) is 0 Å². The van der Waals surface area contributed by atoms with Crippen LogP contribution in [0.3, 0.4) is 0 Å². The number of amides is 1. The lowest BCUT2D eigenvalue weighted by atomic mass is 10.4. The number of hydrogen-bond donors (Lipinski definition) is 3. The summed E-state index contributed by atoms with van der Waals surface area (Å²) in [6.45, 7) is -0.0635. The van der Waals surface area contributed by atoms with E-state index >= 15 is 0 Å². The van der Waals surface area contributed by atoms with E-state index in [1.165, 1.54) is 18.3 Å². The molecule has 0 bridgehead atoms. The van der Waals surface area contributed by atoms with E-state index in [1.807, 2.05) is 0 Å². The van der Waals surface area contributed by atoms with Gasteiger partial charge in [-0.1, -0.05) is 0 Å². The van der Waals surface area contributed by atoms with Crippen LogP contribution in [0, 0.1) is 0 Å². The predicted molar refractivity (Wildman–Crippen MR) is 57.6 cm³/mol. The molecular weight excluding hydrogens is 232 g/mol. The van der Waals surface area contributed by atoms with Crippen LogP contribution < -0.4 is 16.2 Å². The van der Waals surface area contributed by atoms with Gasteiger partial charge in [0.1, 0.15) is 10.7 Å². The van der Waals surface area contributed by atoms with Gasteiger partial charge in [-0.3, -0.25) is 4.79 Å². The topological polar surface area (TPSA) is 128 Å². The molecule has 16 heavy (non-hydrogen) atoms. The Labute approximate surface area is 92.9 Å². The molecule has 0 aromatic carbocycles. The van der Waals surface area contributed by atoms with E-state index in [1.54, 1.807) is 0 Å². The number of anilines is 1. The molecule has 0 fully saturated rings. The monoisotopic (exact) mass is 244 g/mol. The molecule has 1 amide bonds. The maximum atomic E-state index is 11.7. The van der Waals surface area contributed by atoms with E-state index in [0.717, 1.165) is 0 Å². The van der Waals surface area contributed by atoms with Gasteiger partial charge in [0.15, 0.2) is 0 Å². The van der Waals surface area contributed by atoms with Gasteiger partial charge in [-0.25, -0.2) is 18.1 Å². The zero-order chi connectivity index (χ0) is 12.2. The van der Waals surface area contributed by atoms with Crippen LogP contribution in [0.25, 0.3) is 0 Å². The number of primary amides is 1. The largest absolute Gasteiger partial charge is 0.383 e. The summed E-state index contributed by atoms with van der Waals surface area (Å²) in [5, 5.41) is 0. The van der Waals surface area contributed by atoms with Crippen molar-refractivity contribution < 1.29 is 13.2 Å². The Bertz CT molecular complexity index is 486. The molecule has 1 rings (SSSR count). The van der Waals surface area contributed by atoms with Crippen molar-refractivity contribution in [3.63, 3.8) is 0 Å². The number of carbonyl (C=O) groups excluding carboxylic acids is 1. The highest BCUT2D eigenvalue weighted by Crippen LogP contribution is 2.13. The summed E-state index contributed by atoms with van der Waals surface area (Å²) in [5.41, 5.74) is 10.3. The molecule has 8 heteroatoms. The van der Waals surface area contributed by atoms with Crippen molar-refractivity contribution in [3.05, 3.63) is 18.3 Å². The zero-order valence-electron chi connectivity index (χ0n) is 8.38. The van der Waals surface area contributed by atoms with Crippen LogP contribution in [0.2, 0.25) is 0 Å². The van der Waals surface area contributed by atoms with E-state index in [2.05, 4.69) is 9.71 Å². The number of sulfonamides is 1. The first-order valence-electron chi connectivity index (χ1n) is 4.42. The molecule has 1 aromatic heterocycles. The number of nitrogen functional groups attached to an aromatic ring is 1. The Morgan fingerprint density at radius 1 is 1.50 bits per heavy atom. The summed E-state index contributed by atoms with van der Waals surface area (Å²) in [5.74, 6) is -0.670. The summed E-state index contributed by atoms with van der Waals surface area (Å²) >= 11 is 0. The molecule has 1 heterocycles.